The molecule has 2 nitrogen and oxygen atoms in total. The second-order valence-corrected chi connectivity index (χ2v) is 4.41. The number of nitrogens with one attached hydrogen (secondary N) is 1. The van der Waals surface area contributed by atoms with Gasteiger partial charge in [-0.2, -0.15) is 0 Å². The van der Waals surface area contributed by atoms with Crippen LogP contribution < -0.4 is 11.1 Å². The van der Waals surface area contributed by atoms with E-state index in [1.807, 2.05) is 0 Å². The van der Waals surface area contributed by atoms with E-state index < -0.39 is 0 Å². The topological polar surface area (TPSA) is 38.0 Å². The number of hydrogen-bond donors (Lipinski definition) is 2. The van der Waals surface area contributed by atoms with E-state index in [9.17, 15) is 0 Å². The van der Waals surface area contributed by atoms with Crippen molar-refractivity contribution in [3.8, 4) is 0 Å². The molecule has 0 aliphatic carbocycles. The first kappa shape index (κ1) is 12.2. The van der Waals surface area contributed by atoms with Gasteiger partial charge in [0.15, 0.2) is 0 Å². The van der Waals surface area contributed by atoms with Crippen LogP contribution in [0.1, 0.15) is 37.8 Å². The summed E-state index contributed by atoms with van der Waals surface area (Å²) in [4.78, 5) is 0. The van der Waals surface area contributed by atoms with Crippen LogP contribution in [0.2, 0.25) is 0 Å². The highest BCUT2D eigenvalue weighted by molar-refractivity contribution is 5.24. The highest BCUT2D eigenvalue weighted by Crippen LogP contribution is 2.14. The molecule has 0 spiro atoms. The number of hydrogen-bond acceptors (Lipinski definition) is 2. The van der Waals surface area contributed by atoms with Crippen LogP contribution in [-0.2, 0) is 6.54 Å². The number of benzene rings is 1. The smallest absolute Gasteiger partial charge is 0.0208 e. The Morgan fingerprint density at radius 2 is 1.73 bits per heavy atom. The van der Waals surface area contributed by atoms with Crippen molar-refractivity contribution >= 4 is 0 Å². The fraction of sp³-hybridized carbons (Fsp3) is 0.538. The van der Waals surface area contributed by atoms with Crippen LogP contribution in [0.25, 0.3) is 0 Å². The van der Waals surface area contributed by atoms with Gasteiger partial charge in [-0.3, -0.25) is 0 Å². The van der Waals surface area contributed by atoms with Crippen LogP contribution in [-0.4, -0.2) is 12.6 Å². The molecular formula is C13H22N2. The van der Waals surface area contributed by atoms with Gasteiger partial charge in [0, 0.05) is 19.1 Å². The lowest BCUT2D eigenvalue weighted by molar-refractivity contribution is 0.556. The first-order chi connectivity index (χ1) is 7.13. The molecule has 2 heteroatoms. The van der Waals surface area contributed by atoms with Crippen molar-refractivity contribution in [2.24, 2.45) is 5.73 Å². The number of nitrogens with two attached hydrogens (primary N) is 1. The lowest BCUT2D eigenvalue weighted by Gasteiger charge is -2.12. The van der Waals surface area contributed by atoms with Gasteiger partial charge in [-0.05, 0) is 24.0 Å². The monoisotopic (exact) mass is 206 g/mol. The molecule has 0 heterocycles. The van der Waals surface area contributed by atoms with E-state index >= 15 is 0 Å². The normalized spacial score (nSPS) is 13.1. The van der Waals surface area contributed by atoms with Crippen molar-refractivity contribution in [2.45, 2.75) is 39.3 Å². The van der Waals surface area contributed by atoms with E-state index in [-0.39, 0.29) is 0 Å². The summed E-state index contributed by atoms with van der Waals surface area (Å²) in [5, 5.41) is 3.37. The molecule has 3 N–H and O–H groups in total. The summed E-state index contributed by atoms with van der Waals surface area (Å²) >= 11 is 0. The maximum atomic E-state index is 5.54. The van der Waals surface area contributed by atoms with Gasteiger partial charge in [0.1, 0.15) is 0 Å². The molecule has 0 aliphatic rings. The van der Waals surface area contributed by atoms with E-state index in [0.29, 0.717) is 18.5 Å². The molecule has 0 saturated carbocycles. The SMILES string of the molecule is CC(CN)NCc1ccc(C(C)C)cc1. The molecule has 1 aromatic carbocycles. The zero-order valence-corrected chi connectivity index (χ0v) is 9.96. The van der Waals surface area contributed by atoms with E-state index in [2.05, 4.69) is 50.4 Å². The molecule has 0 saturated heterocycles. The molecule has 1 rings (SSSR count). The summed E-state index contributed by atoms with van der Waals surface area (Å²) in [6.07, 6.45) is 0. The summed E-state index contributed by atoms with van der Waals surface area (Å²) in [6.45, 7) is 8.11. The van der Waals surface area contributed by atoms with Crippen LogP contribution in [0.15, 0.2) is 24.3 Å². The predicted octanol–water partition coefficient (Wildman–Crippen LogP) is 2.25. The molecule has 0 aromatic heterocycles. The van der Waals surface area contributed by atoms with Crippen LogP contribution in [0.3, 0.4) is 0 Å². The third kappa shape index (κ3) is 4.02. The van der Waals surface area contributed by atoms with Crippen LogP contribution in [0.4, 0.5) is 0 Å². The van der Waals surface area contributed by atoms with Crippen molar-refractivity contribution in [3.63, 3.8) is 0 Å². The summed E-state index contributed by atoms with van der Waals surface area (Å²) in [5.74, 6) is 0.606. The minimum absolute atomic E-state index is 0.384. The minimum Gasteiger partial charge on any atom is -0.329 e. The Hall–Kier alpha value is -0.860. The minimum atomic E-state index is 0.384. The van der Waals surface area contributed by atoms with Crippen molar-refractivity contribution in [2.75, 3.05) is 6.54 Å². The van der Waals surface area contributed by atoms with Gasteiger partial charge in [-0.25, -0.2) is 0 Å². The molecule has 0 amide bonds. The lowest BCUT2D eigenvalue weighted by Crippen LogP contribution is -2.32. The van der Waals surface area contributed by atoms with Gasteiger partial charge in [0.2, 0.25) is 0 Å². The van der Waals surface area contributed by atoms with Crippen LogP contribution in [0, 0.1) is 0 Å². The standard InChI is InChI=1S/C13H22N2/c1-10(2)13-6-4-12(5-7-13)9-15-11(3)8-14/h4-7,10-11,15H,8-9,14H2,1-3H3. The lowest BCUT2D eigenvalue weighted by atomic mass is 10.0. The highest BCUT2D eigenvalue weighted by Gasteiger charge is 2.00. The largest absolute Gasteiger partial charge is 0.329 e. The summed E-state index contributed by atoms with van der Waals surface area (Å²) < 4.78 is 0. The third-order valence-corrected chi connectivity index (χ3v) is 2.65. The molecule has 1 unspecified atom stereocenters. The summed E-state index contributed by atoms with van der Waals surface area (Å²) in [5.41, 5.74) is 8.25. The molecule has 0 bridgehead atoms. The Kier molecular flexibility index (Phi) is 4.79. The highest BCUT2D eigenvalue weighted by atomic mass is 14.9. The van der Waals surface area contributed by atoms with E-state index in [1.54, 1.807) is 0 Å². The van der Waals surface area contributed by atoms with Crippen molar-refractivity contribution in [1.82, 2.24) is 5.32 Å². The van der Waals surface area contributed by atoms with Crippen molar-refractivity contribution in [1.29, 1.82) is 0 Å². The van der Waals surface area contributed by atoms with Crippen molar-refractivity contribution < 1.29 is 0 Å². The molecule has 1 aromatic rings. The molecule has 0 fully saturated rings. The average Bonchev–Trinajstić information content (AvgIpc) is 2.26. The first-order valence-electron chi connectivity index (χ1n) is 5.65. The van der Waals surface area contributed by atoms with Gasteiger partial charge in [0.25, 0.3) is 0 Å². The van der Waals surface area contributed by atoms with E-state index in [0.717, 1.165) is 6.54 Å². The molecule has 84 valence electrons. The maximum absolute atomic E-state index is 5.54. The van der Waals surface area contributed by atoms with E-state index in [1.165, 1.54) is 11.1 Å². The molecule has 1 atom stereocenters. The Morgan fingerprint density at radius 3 is 2.20 bits per heavy atom. The van der Waals surface area contributed by atoms with Gasteiger partial charge >= 0.3 is 0 Å². The average molecular weight is 206 g/mol. The second kappa shape index (κ2) is 5.89. The second-order valence-electron chi connectivity index (χ2n) is 4.41. The van der Waals surface area contributed by atoms with Crippen LogP contribution in [0.5, 0.6) is 0 Å². The van der Waals surface area contributed by atoms with Crippen molar-refractivity contribution in [3.05, 3.63) is 35.4 Å². The van der Waals surface area contributed by atoms with Gasteiger partial charge in [0.05, 0.1) is 0 Å². The quantitative estimate of drug-likeness (QED) is 0.775. The molecule has 15 heavy (non-hydrogen) atoms. The van der Waals surface area contributed by atoms with Gasteiger partial charge in [-0.1, -0.05) is 38.1 Å². The zero-order valence-electron chi connectivity index (χ0n) is 9.96. The summed E-state index contributed by atoms with van der Waals surface area (Å²) in [6, 6.07) is 9.16. The first-order valence-corrected chi connectivity index (χ1v) is 5.65. The molecule has 0 aliphatic heterocycles. The third-order valence-electron chi connectivity index (χ3n) is 2.65. The Labute approximate surface area is 92.9 Å². The maximum Gasteiger partial charge on any atom is 0.0208 e. The Morgan fingerprint density at radius 1 is 1.13 bits per heavy atom. The predicted molar refractivity (Wildman–Crippen MR) is 65.9 cm³/mol. The van der Waals surface area contributed by atoms with Crippen LogP contribution >= 0.6 is 0 Å². The van der Waals surface area contributed by atoms with Gasteiger partial charge in [-0.15, -0.1) is 0 Å². The Bertz CT molecular complexity index is 277. The molecule has 0 radical (unpaired) electrons. The zero-order chi connectivity index (χ0) is 11.3. The summed E-state index contributed by atoms with van der Waals surface area (Å²) in [7, 11) is 0. The fourth-order valence-electron chi connectivity index (χ4n) is 1.40. The number of rotatable bonds is 5. The van der Waals surface area contributed by atoms with E-state index in [4.69, 9.17) is 5.73 Å². The molecular weight excluding hydrogens is 184 g/mol. The Balaban J connectivity index is 2.50. The fourth-order valence-corrected chi connectivity index (χ4v) is 1.40. The van der Waals surface area contributed by atoms with Gasteiger partial charge < -0.3 is 11.1 Å².